The van der Waals surface area contributed by atoms with Gasteiger partial charge < -0.3 is 20.7 Å². The molecule has 0 aliphatic carbocycles. The third-order valence-electron chi connectivity index (χ3n) is 4.02. The molecule has 0 spiro atoms. The maximum absolute atomic E-state index is 11.9. The number of ether oxygens (including phenoxy) is 1. The molecule has 1 unspecified atom stereocenters. The standard InChI is InChI=1S/C19H32N4O2/c1-8-21-18(22-12-19(4,5)17(24)20-6)23-14(3)15-11-13(2)9-10-16(15)25-7/h9-11,14H,8,12H2,1-7H3,(H,20,24)(H2,21,22,23). The van der Waals surface area contributed by atoms with E-state index in [9.17, 15) is 4.79 Å². The van der Waals surface area contributed by atoms with E-state index in [1.54, 1.807) is 14.2 Å². The first kappa shape index (κ1) is 20.8. The van der Waals surface area contributed by atoms with Gasteiger partial charge in [-0.2, -0.15) is 0 Å². The van der Waals surface area contributed by atoms with E-state index < -0.39 is 5.41 Å². The number of carbonyl (C=O) groups is 1. The van der Waals surface area contributed by atoms with Gasteiger partial charge in [0.25, 0.3) is 0 Å². The highest BCUT2D eigenvalue weighted by molar-refractivity contribution is 5.83. The first-order chi connectivity index (χ1) is 11.7. The molecule has 25 heavy (non-hydrogen) atoms. The van der Waals surface area contributed by atoms with Crippen LogP contribution in [0.1, 0.15) is 44.9 Å². The molecule has 1 aromatic rings. The molecule has 1 aromatic carbocycles. The van der Waals surface area contributed by atoms with Crippen LogP contribution in [-0.2, 0) is 4.79 Å². The summed E-state index contributed by atoms with van der Waals surface area (Å²) < 4.78 is 5.47. The van der Waals surface area contributed by atoms with E-state index in [0.717, 1.165) is 17.9 Å². The predicted molar refractivity (Wildman–Crippen MR) is 103 cm³/mol. The number of carbonyl (C=O) groups excluding carboxylic acids is 1. The summed E-state index contributed by atoms with van der Waals surface area (Å²) in [6.07, 6.45) is 0. The van der Waals surface area contributed by atoms with E-state index in [4.69, 9.17) is 4.74 Å². The summed E-state index contributed by atoms with van der Waals surface area (Å²) in [7, 11) is 3.31. The lowest BCUT2D eigenvalue weighted by molar-refractivity contribution is -0.128. The lowest BCUT2D eigenvalue weighted by Crippen LogP contribution is -2.41. The topological polar surface area (TPSA) is 74.8 Å². The zero-order chi connectivity index (χ0) is 19.0. The van der Waals surface area contributed by atoms with Crippen molar-refractivity contribution in [2.45, 2.75) is 40.7 Å². The van der Waals surface area contributed by atoms with E-state index in [2.05, 4.69) is 40.9 Å². The number of nitrogens with one attached hydrogen (secondary N) is 3. The van der Waals surface area contributed by atoms with Gasteiger partial charge in [-0.15, -0.1) is 0 Å². The monoisotopic (exact) mass is 348 g/mol. The molecule has 1 atom stereocenters. The number of aryl methyl sites for hydroxylation is 1. The summed E-state index contributed by atoms with van der Waals surface area (Å²) in [4.78, 5) is 16.5. The van der Waals surface area contributed by atoms with Gasteiger partial charge in [0.2, 0.25) is 5.91 Å². The summed E-state index contributed by atoms with van der Waals surface area (Å²) >= 11 is 0. The number of hydrogen-bond acceptors (Lipinski definition) is 3. The molecule has 0 aliphatic heterocycles. The van der Waals surface area contributed by atoms with E-state index in [0.29, 0.717) is 12.5 Å². The number of amides is 1. The fourth-order valence-electron chi connectivity index (χ4n) is 2.48. The Bertz CT molecular complexity index is 611. The Morgan fingerprint density at radius 2 is 2.04 bits per heavy atom. The van der Waals surface area contributed by atoms with Gasteiger partial charge in [-0.3, -0.25) is 9.79 Å². The van der Waals surface area contributed by atoms with Crippen molar-refractivity contribution in [3.63, 3.8) is 0 Å². The van der Waals surface area contributed by atoms with E-state index >= 15 is 0 Å². The van der Waals surface area contributed by atoms with E-state index in [-0.39, 0.29) is 11.9 Å². The summed E-state index contributed by atoms with van der Waals surface area (Å²) in [6.45, 7) is 11.0. The Morgan fingerprint density at radius 1 is 1.36 bits per heavy atom. The van der Waals surface area contributed by atoms with Crippen molar-refractivity contribution >= 4 is 11.9 Å². The fraction of sp³-hybridized carbons (Fsp3) is 0.579. The second kappa shape index (κ2) is 9.30. The Hall–Kier alpha value is -2.24. The van der Waals surface area contributed by atoms with Crippen LogP contribution in [-0.4, -0.2) is 39.1 Å². The molecule has 0 bridgehead atoms. The van der Waals surface area contributed by atoms with Gasteiger partial charge >= 0.3 is 0 Å². The number of aliphatic imine (C=N–C) groups is 1. The van der Waals surface area contributed by atoms with Crippen LogP contribution < -0.4 is 20.7 Å². The third kappa shape index (κ3) is 5.96. The minimum atomic E-state index is -0.568. The molecule has 6 nitrogen and oxygen atoms in total. The van der Waals surface area contributed by atoms with Crippen LogP contribution in [0.4, 0.5) is 0 Å². The number of guanidine groups is 1. The highest BCUT2D eigenvalue weighted by atomic mass is 16.5. The van der Waals surface area contributed by atoms with Crippen LogP contribution in [0.15, 0.2) is 23.2 Å². The fourth-order valence-corrected chi connectivity index (χ4v) is 2.48. The molecule has 0 heterocycles. The van der Waals surface area contributed by atoms with Crippen LogP contribution in [0.2, 0.25) is 0 Å². The largest absolute Gasteiger partial charge is 0.496 e. The quantitative estimate of drug-likeness (QED) is 0.522. The zero-order valence-electron chi connectivity index (χ0n) is 16.5. The van der Waals surface area contributed by atoms with E-state index in [1.165, 1.54) is 5.56 Å². The first-order valence-corrected chi connectivity index (χ1v) is 8.66. The molecule has 140 valence electrons. The van der Waals surface area contributed by atoms with Gasteiger partial charge in [0.1, 0.15) is 5.75 Å². The number of methoxy groups -OCH3 is 1. The second-order valence-electron chi connectivity index (χ2n) is 6.77. The van der Waals surface area contributed by atoms with Crippen LogP contribution in [0.5, 0.6) is 5.75 Å². The molecular weight excluding hydrogens is 316 g/mol. The molecule has 1 amide bonds. The number of nitrogens with zero attached hydrogens (tertiary/aromatic N) is 1. The zero-order valence-corrected chi connectivity index (χ0v) is 16.5. The smallest absolute Gasteiger partial charge is 0.227 e. The minimum absolute atomic E-state index is 0.00997. The predicted octanol–water partition coefficient (Wildman–Crippen LogP) is 2.39. The van der Waals surface area contributed by atoms with Crippen molar-refractivity contribution in [3.05, 3.63) is 29.3 Å². The molecule has 0 radical (unpaired) electrons. The molecule has 0 saturated heterocycles. The van der Waals surface area contributed by atoms with Crippen LogP contribution >= 0.6 is 0 Å². The summed E-state index contributed by atoms with van der Waals surface area (Å²) in [5, 5.41) is 9.31. The highest BCUT2D eigenvalue weighted by Gasteiger charge is 2.26. The highest BCUT2D eigenvalue weighted by Crippen LogP contribution is 2.26. The molecule has 1 rings (SSSR count). The third-order valence-corrected chi connectivity index (χ3v) is 4.02. The van der Waals surface area contributed by atoms with Crippen molar-refractivity contribution in [2.75, 3.05) is 27.2 Å². The Morgan fingerprint density at radius 3 is 2.60 bits per heavy atom. The average molecular weight is 348 g/mol. The number of rotatable bonds is 7. The average Bonchev–Trinajstić information content (AvgIpc) is 2.58. The summed E-state index contributed by atoms with van der Waals surface area (Å²) in [5.74, 6) is 1.49. The van der Waals surface area contributed by atoms with Crippen molar-refractivity contribution < 1.29 is 9.53 Å². The molecule has 0 saturated carbocycles. The first-order valence-electron chi connectivity index (χ1n) is 8.66. The number of hydrogen-bond donors (Lipinski definition) is 3. The van der Waals surface area contributed by atoms with Gasteiger partial charge in [-0.1, -0.05) is 17.7 Å². The molecular formula is C19H32N4O2. The molecule has 3 N–H and O–H groups in total. The van der Waals surface area contributed by atoms with Crippen molar-refractivity contribution in [2.24, 2.45) is 10.4 Å². The van der Waals surface area contributed by atoms with Crippen LogP contribution in [0.3, 0.4) is 0 Å². The Kier molecular flexibility index (Phi) is 7.74. The van der Waals surface area contributed by atoms with Crippen LogP contribution in [0.25, 0.3) is 0 Å². The van der Waals surface area contributed by atoms with Crippen molar-refractivity contribution in [3.8, 4) is 5.75 Å². The Labute approximate surface area is 151 Å². The SMILES string of the molecule is CCNC(=NCC(C)(C)C(=O)NC)NC(C)c1cc(C)ccc1OC. The van der Waals surface area contributed by atoms with Crippen molar-refractivity contribution in [1.29, 1.82) is 0 Å². The Balaban J connectivity index is 2.95. The maximum Gasteiger partial charge on any atom is 0.227 e. The second-order valence-corrected chi connectivity index (χ2v) is 6.77. The van der Waals surface area contributed by atoms with Gasteiger partial charge in [0.15, 0.2) is 5.96 Å². The lowest BCUT2D eigenvalue weighted by atomic mass is 9.93. The molecule has 6 heteroatoms. The molecule has 0 aliphatic rings. The molecule has 0 aromatic heterocycles. The van der Waals surface area contributed by atoms with Crippen molar-refractivity contribution in [1.82, 2.24) is 16.0 Å². The van der Waals surface area contributed by atoms with Gasteiger partial charge in [-0.25, -0.2) is 0 Å². The minimum Gasteiger partial charge on any atom is -0.496 e. The normalized spacial score (nSPS) is 13.2. The summed E-state index contributed by atoms with van der Waals surface area (Å²) in [6, 6.07) is 6.12. The maximum atomic E-state index is 11.9. The van der Waals surface area contributed by atoms with Gasteiger partial charge in [0.05, 0.1) is 25.1 Å². The van der Waals surface area contributed by atoms with Gasteiger partial charge in [-0.05, 0) is 40.7 Å². The van der Waals surface area contributed by atoms with Crippen LogP contribution in [0, 0.1) is 12.3 Å². The molecule has 0 fully saturated rings. The lowest BCUT2D eigenvalue weighted by Gasteiger charge is -2.23. The summed E-state index contributed by atoms with van der Waals surface area (Å²) in [5.41, 5.74) is 1.67. The number of benzene rings is 1. The van der Waals surface area contributed by atoms with Gasteiger partial charge in [0, 0.05) is 19.2 Å². The van der Waals surface area contributed by atoms with E-state index in [1.807, 2.05) is 32.9 Å².